The highest BCUT2D eigenvalue weighted by Crippen LogP contribution is 2.26. The summed E-state index contributed by atoms with van der Waals surface area (Å²) in [5, 5.41) is 0. The number of hydrogen-bond donors (Lipinski definition) is 0. The second kappa shape index (κ2) is 5.32. The summed E-state index contributed by atoms with van der Waals surface area (Å²) in [5.74, 6) is -5.85. The average molecular weight is 214 g/mol. The molecular formula is C9H14F4O. The normalized spacial score (nSPS) is 12.6. The fourth-order valence-corrected chi connectivity index (χ4v) is 0.959. The van der Waals surface area contributed by atoms with Gasteiger partial charge < -0.3 is 0 Å². The van der Waals surface area contributed by atoms with E-state index in [1.54, 1.807) is 0 Å². The Morgan fingerprint density at radius 2 is 1.79 bits per heavy atom. The Kier molecular flexibility index (Phi) is 5.08. The second-order valence-corrected chi connectivity index (χ2v) is 3.63. The van der Waals surface area contributed by atoms with Crippen molar-refractivity contribution < 1.29 is 22.4 Å². The molecule has 14 heavy (non-hydrogen) atoms. The molecule has 0 aliphatic rings. The molecule has 0 radical (unpaired) electrons. The molecule has 0 amide bonds. The summed E-state index contributed by atoms with van der Waals surface area (Å²) in [7, 11) is 0. The highest BCUT2D eigenvalue weighted by Gasteiger charge is 2.47. The summed E-state index contributed by atoms with van der Waals surface area (Å²) in [6.07, 6.45) is -3.55. The molecule has 1 nitrogen and oxygen atoms in total. The van der Waals surface area contributed by atoms with Crippen molar-refractivity contribution in [1.82, 2.24) is 0 Å². The molecule has 0 saturated carbocycles. The van der Waals surface area contributed by atoms with Gasteiger partial charge in [0, 0.05) is 6.42 Å². The Labute approximate surface area is 80.5 Å². The van der Waals surface area contributed by atoms with Crippen molar-refractivity contribution >= 4 is 5.78 Å². The third-order valence-corrected chi connectivity index (χ3v) is 1.83. The van der Waals surface area contributed by atoms with Gasteiger partial charge in [-0.25, -0.2) is 8.78 Å². The Morgan fingerprint density at radius 1 is 1.29 bits per heavy atom. The molecule has 0 saturated heterocycles. The molecule has 0 aliphatic heterocycles. The van der Waals surface area contributed by atoms with E-state index in [9.17, 15) is 22.4 Å². The lowest BCUT2D eigenvalue weighted by atomic mass is 10.0. The summed E-state index contributed by atoms with van der Waals surface area (Å²) >= 11 is 0. The van der Waals surface area contributed by atoms with Crippen LogP contribution < -0.4 is 0 Å². The van der Waals surface area contributed by atoms with E-state index >= 15 is 0 Å². The van der Waals surface area contributed by atoms with E-state index in [1.807, 2.05) is 13.8 Å². The van der Waals surface area contributed by atoms with Gasteiger partial charge in [-0.3, -0.25) is 4.79 Å². The number of rotatable bonds is 6. The van der Waals surface area contributed by atoms with Gasteiger partial charge in [0.25, 0.3) is 0 Å². The third-order valence-electron chi connectivity index (χ3n) is 1.83. The maximum atomic E-state index is 12.4. The lowest BCUT2D eigenvalue weighted by Gasteiger charge is -2.13. The van der Waals surface area contributed by atoms with Gasteiger partial charge in [-0.15, -0.1) is 0 Å². The minimum atomic E-state index is -4.48. The largest absolute Gasteiger partial charge is 0.364 e. The number of carbonyl (C=O) groups excluding carboxylic acids is 1. The molecule has 0 aromatic carbocycles. The zero-order valence-corrected chi connectivity index (χ0v) is 8.20. The van der Waals surface area contributed by atoms with E-state index in [4.69, 9.17) is 0 Å². The first-order chi connectivity index (χ1) is 6.28. The van der Waals surface area contributed by atoms with Crippen molar-refractivity contribution in [3.63, 3.8) is 0 Å². The van der Waals surface area contributed by atoms with Crippen molar-refractivity contribution in [2.24, 2.45) is 5.92 Å². The van der Waals surface area contributed by atoms with Crippen LogP contribution >= 0.6 is 0 Å². The van der Waals surface area contributed by atoms with Crippen LogP contribution in [0, 0.1) is 5.92 Å². The fraction of sp³-hybridized carbons (Fsp3) is 0.889. The molecule has 0 rings (SSSR count). The van der Waals surface area contributed by atoms with Crippen LogP contribution in [0.15, 0.2) is 0 Å². The second-order valence-electron chi connectivity index (χ2n) is 3.63. The van der Waals surface area contributed by atoms with E-state index in [-0.39, 0.29) is 12.3 Å². The van der Waals surface area contributed by atoms with Gasteiger partial charge in [-0.05, 0) is 12.3 Å². The molecule has 0 unspecified atom stereocenters. The predicted octanol–water partition coefficient (Wildman–Crippen LogP) is 3.28. The van der Waals surface area contributed by atoms with Crippen LogP contribution in [-0.4, -0.2) is 18.1 Å². The van der Waals surface area contributed by atoms with Gasteiger partial charge in [0.15, 0.2) is 0 Å². The summed E-state index contributed by atoms with van der Waals surface area (Å²) in [5.41, 5.74) is 0. The van der Waals surface area contributed by atoms with Gasteiger partial charge in [0.1, 0.15) is 0 Å². The zero-order chi connectivity index (χ0) is 11.4. The minimum absolute atomic E-state index is 0.235. The Balaban J connectivity index is 3.96. The molecular weight excluding hydrogens is 200 g/mol. The maximum Gasteiger partial charge on any atom is 0.364 e. The molecule has 84 valence electrons. The number of ketones is 1. The first-order valence-corrected chi connectivity index (χ1v) is 4.47. The monoisotopic (exact) mass is 214 g/mol. The van der Waals surface area contributed by atoms with Crippen molar-refractivity contribution in [3.05, 3.63) is 0 Å². The van der Waals surface area contributed by atoms with E-state index < -0.39 is 24.6 Å². The van der Waals surface area contributed by atoms with Crippen LogP contribution in [0.2, 0.25) is 0 Å². The Morgan fingerprint density at radius 3 is 2.14 bits per heavy atom. The molecule has 0 N–H and O–H groups in total. The number of carbonyl (C=O) groups is 1. The van der Waals surface area contributed by atoms with Gasteiger partial charge in [-0.1, -0.05) is 20.3 Å². The summed E-state index contributed by atoms with van der Waals surface area (Å²) < 4.78 is 48.1. The van der Waals surface area contributed by atoms with E-state index in [1.165, 1.54) is 0 Å². The van der Waals surface area contributed by atoms with Crippen LogP contribution in [0.25, 0.3) is 0 Å². The van der Waals surface area contributed by atoms with Crippen molar-refractivity contribution in [1.29, 1.82) is 0 Å². The van der Waals surface area contributed by atoms with E-state index in [2.05, 4.69) is 0 Å². The summed E-state index contributed by atoms with van der Waals surface area (Å²) in [4.78, 5) is 10.7. The number of hydrogen-bond acceptors (Lipinski definition) is 1. The predicted molar refractivity (Wildman–Crippen MR) is 44.6 cm³/mol. The number of halogens is 4. The Hall–Kier alpha value is -0.610. The van der Waals surface area contributed by atoms with Crippen LogP contribution in [0.1, 0.15) is 33.1 Å². The van der Waals surface area contributed by atoms with Crippen LogP contribution in [0.4, 0.5) is 17.6 Å². The standard InChI is InChI=1S/C9H14F4O/c1-6(2)4-3-5-7(14)9(12,13)8(10)11/h6,8H,3-5H2,1-2H3. The molecule has 0 atom stereocenters. The van der Waals surface area contributed by atoms with Crippen LogP contribution in [0.3, 0.4) is 0 Å². The molecule has 5 heteroatoms. The fourth-order valence-electron chi connectivity index (χ4n) is 0.959. The molecule has 0 aromatic rings. The highest BCUT2D eigenvalue weighted by atomic mass is 19.3. The minimum Gasteiger partial charge on any atom is -0.293 e. The quantitative estimate of drug-likeness (QED) is 0.620. The first kappa shape index (κ1) is 13.4. The van der Waals surface area contributed by atoms with Crippen LogP contribution in [-0.2, 0) is 4.79 Å². The summed E-state index contributed by atoms with van der Waals surface area (Å²) in [6.45, 7) is 3.74. The summed E-state index contributed by atoms with van der Waals surface area (Å²) in [6, 6.07) is 0. The van der Waals surface area contributed by atoms with Gasteiger partial charge in [0.05, 0.1) is 0 Å². The van der Waals surface area contributed by atoms with Crippen molar-refractivity contribution in [2.75, 3.05) is 0 Å². The smallest absolute Gasteiger partial charge is 0.293 e. The molecule has 0 heterocycles. The number of Topliss-reactive ketones (excluding diaryl/α,β-unsaturated/α-hetero) is 1. The van der Waals surface area contributed by atoms with E-state index in [0.29, 0.717) is 6.42 Å². The van der Waals surface area contributed by atoms with Gasteiger partial charge in [0.2, 0.25) is 5.78 Å². The van der Waals surface area contributed by atoms with Crippen molar-refractivity contribution in [2.45, 2.75) is 45.5 Å². The lowest BCUT2D eigenvalue weighted by Crippen LogP contribution is -2.36. The molecule has 0 bridgehead atoms. The van der Waals surface area contributed by atoms with Crippen molar-refractivity contribution in [3.8, 4) is 0 Å². The number of alkyl halides is 4. The first-order valence-electron chi connectivity index (χ1n) is 4.47. The lowest BCUT2D eigenvalue weighted by molar-refractivity contribution is -0.167. The molecule has 0 fully saturated rings. The molecule has 0 aliphatic carbocycles. The van der Waals surface area contributed by atoms with Gasteiger partial charge in [-0.2, -0.15) is 8.78 Å². The average Bonchev–Trinajstić information content (AvgIpc) is 2.02. The third kappa shape index (κ3) is 4.07. The van der Waals surface area contributed by atoms with Gasteiger partial charge >= 0.3 is 12.3 Å². The molecule has 0 aromatic heterocycles. The molecule has 0 spiro atoms. The SMILES string of the molecule is CC(C)CCCC(=O)C(F)(F)C(F)F. The Bertz CT molecular complexity index is 189. The van der Waals surface area contributed by atoms with E-state index in [0.717, 1.165) is 0 Å². The highest BCUT2D eigenvalue weighted by molar-refractivity contribution is 5.85. The zero-order valence-electron chi connectivity index (χ0n) is 8.20. The topological polar surface area (TPSA) is 17.1 Å². The van der Waals surface area contributed by atoms with Crippen LogP contribution in [0.5, 0.6) is 0 Å². The maximum absolute atomic E-state index is 12.4.